The smallest absolute Gasteiger partial charge is 0.248 e. The summed E-state index contributed by atoms with van der Waals surface area (Å²) in [6, 6.07) is 12.8. The van der Waals surface area contributed by atoms with Gasteiger partial charge in [0.1, 0.15) is 22.8 Å². The molecule has 0 bridgehead atoms. The number of carbonyl (C=O) groups is 1. The second kappa shape index (κ2) is 11.7. The van der Waals surface area contributed by atoms with E-state index in [2.05, 4.69) is 17.2 Å². The maximum absolute atomic E-state index is 12.5. The summed E-state index contributed by atoms with van der Waals surface area (Å²) in [5.41, 5.74) is 17.4. The van der Waals surface area contributed by atoms with Crippen LogP contribution in [0.2, 0.25) is 0 Å². The van der Waals surface area contributed by atoms with Gasteiger partial charge in [-0.25, -0.2) is 4.99 Å². The first-order valence-electron chi connectivity index (χ1n) is 13.4. The van der Waals surface area contributed by atoms with Crippen LogP contribution in [-0.2, 0) is 11.2 Å². The Hall–Kier alpha value is -4.46. The largest absolute Gasteiger partial charge is 0.507 e. The molecule has 1 aliphatic heterocycles. The van der Waals surface area contributed by atoms with Crippen molar-refractivity contribution in [3.63, 3.8) is 0 Å². The monoisotopic (exact) mass is 542 g/mol. The molecule has 0 spiro atoms. The van der Waals surface area contributed by atoms with Crippen molar-refractivity contribution in [1.29, 1.82) is 0 Å². The molecule has 3 aromatic rings. The molecule has 3 aromatic carbocycles. The Bertz CT molecular complexity index is 1470. The topological polar surface area (TPSA) is 132 Å². The zero-order valence-electron chi connectivity index (χ0n) is 23.8. The number of anilines is 1. The van der Waals surface area contributed by atoms with Gasteiger partial charge in [-0.2, -0.15) is 0 Å². The number of benzene rings is 3. The lowest BCUT2D eigenvalue weighted by Gasteiger charge is -2.38. The summed E-state index contributed by atoms with van der Waals surface area (Å²) in [7, 11) is 0. The number of fused-ring (bicyclic) bond motifs is 1. The molecule has 6 N–H and O–H groups in total. The number of carbonyl (C=O) groups excluding carboxylic acids is 1. The molecule has 0 aliphatic carbocycles. The summed E-state index contributed by atoms with van der Waals surface area (Å²) in [6.45, 7) is 10.4. The van der Waals surface area contributed by atoms with Gasteiger partial charge in [0.05, 0.1) is 12.3 Å². The number of amides is 1. The molecule has 1 aliphatic rings. The lowest BCUT2D eigenvalue weighted by atomic mass is 9.86. The van der Waals surface area contributed by atoms with E-state index < -0.39 is 0 Å². The molecule has 8 heteroatoms. The molecule has 0 fully saturated rings. The van der Waals surface area contributed by atoms with Crippen molar-refractivity contribution in [1.82, 2.24) is 0 Å². The Morgan fingerprint density at radius 3 is 2.50 bits per heavy atom. The van der Waals surface area contributed by atoms with Gasteiger partial charge in [-0.3, -0.25) is 4.79 Å². The van der Waals surface area contributed by atoms with E-state index in [4.69, 9.17) is 20.9 Å². The van der Waals surface area contributed by atoms with Crippen molar-refractivity contribution >= 4 is 29.3 Å². The highest BCUT2D eigenvalue weighted by atomic mass is 16.5. The minimum atomic E-state index is -0.353. The van der Waals surface area contributed by atoms with Crippen LogP contribution in [0.1, 0.15) is 53.1 Å². The van der Waals surface area contributed by atoms with Gasteiger partial charge in [0.15, 0.2) is 5.96 Å². The SMILES string of the molecule is Cc1cc(OCCC2(C)CCc3c(C)c(O)c(C)c(C)c3O2)ccc1NC(=O)C=Cc1ccc(N=C(N)N)cc1. The van der Waals surface area contributed by atoms with Gasteiger partial charge < -0.3 is 31.4 Å². The third-order valence-electron chi connectivity index (χ3n) is 7.53. The highest BCUT2D eigenvalue weighted by Gasteiger charge is 2.34. The third kappa shape index (κ3) is 6.57. The number of phenolic OH excluding ortho intramolecular Hbond substituents is 1. The maximum Gasteiger partial charge on any atom is 0.248 e. The highest BCUT2D eigenvalue weighted by Crippen LogP contribution is 2.44. The van der Waals surface area contributed by atoms with E-state index in [1.165, 1.54) is 6.08 Å². The summed E-state index contributed by atoms with van der Waals surface area (Å²) in [4.78, 5) is 16.5. The minimum absolute atomic E-state index is 0.00381. The van der Waals surface area contributed by atoms with Crippen LogP contribution in [0.4, 0.5) is 11.4 Å². The highest BCUT2D eigenvalue weighted by molar-refractivity contribution is 6.02. The fourth-order valence-electron chi connectivity index (χ4n) is 4.88. The Morgan fingerprint density at radius 1 is 1.10 bits per heavy atom. The van der Waals surface area contributed by atoms with Gasteiger partial charge >= 0.3 is 0 Å². The molecule has 4 rings (SSSR count). The summed E-state index contributed by atoms with van der Waals surface area (Å²) in [6.07, 6.45) is 5.64. The van der Waals surface area contributed by atoms with Gasteiger partial charge in [0.25, 0.3) is 0 Å². The van der Waals surface area contributed by atoms with Crippen molar-refractivity contribution in [2.24, 2.45) is 16.5 Å². The molecule has 8 nitrogen and oxygen atoms in total. The molecular formula is C32H38N4O4. The number of nitrogens with two attached hydrogens (primary N) is 2. The molecule has 0 radical (unpaired) electrons. The van der Waals surface area contributed by atoms with Crippen LogP contribution in [0.3, 0.4) is 0 Å². The minimum Gasteiger partial charge on any atom is -0.507 e. The number of aryl methyl sites for hydroxylation is 1. The number of hydrogen-bond donors (Lipinski definition) is 4. The number of hydrogen-bond acceptors (Lipinski definition) is 5. The fourth-order valence-corrected chi connectivity index (χ4v) is 4.88. The maximum atomic E-state index is 12.5. The molecule has 1 unspecified atom stereocenters. The number of aliphatic imine (C=N–C) groups is 1. The summed E-state index contributed by atoms with van der Waals surface area (Å²) in [5, 5.41) is 13.3. The average molecular weight is 543 g/mol. The second-order valence-electron chi connectivity index (χ2n) is 10.6. The fraction of sp³-hybridized carbons (Fsp3) is 0.312. The Labute approximate surface area is 235 Å². The van der Waals surface area contributed by atoms with E-state index in [1.807, 2.05) is 58.0 Å². The predicted molar refractivity (Wildman–Crippen MR) is 161 cm³/mol. The molecule has 1 amide bonds. The summed E-state index contributed by atoms with van der Waals surface area (Å²) in [5.74, 6) is 1.76. The molecular weight excluding hydrogens is 504 g/mol. The molecule has 0 aromatic heterocycles. The van der Waals surface area contributed by atoms with Crippen LogP contribution in [0, 0.1) is 27.7 Å². The van der Waals surface area contributed by atoms with Gasteiger partial charge in [-0.15, -0.1) is 0 Å². The third-order valence-corrected chi connectivity index (χ3v) is 7.53. The van der Waals surface area contributed by atoms with E-state index in [0.29, 0.717) is 23.7 Å². The van der Waals surface area contributed by atoms with Crippen molar-refractivity contribution in [2.75, 3.05) is 11.9 Å². The average Bonchev–Trinajstić information content (AvgIpc) is 2.91. The molecule has 0 saturated carbocycles. The van der Waals surface area contributed by atoms with Crippen molar-refractivity contribution in [3.05, 3.63) is 81.9 Å². The first-order chi connectivity index (χ1) is 19.0. The van der Waals surface area contributed by atoms with Crippen molar-refractivity contribution < 1.29 is 19.4 Å². The Morgan fingerprint density at radius 2 is 1.82 bits per heavy atom. The number of phenols is 1. The van der Waals surface area contributed by atoms with E-state index in [-0.39, 0.29) is 17.5 Å². The van der Waals surface area contributed by atoms with Crippen LogP contribution in [0.15, 0.2) is 53.5 Å². The summed E-state index contributed by atoms with van der Waals surface area (Å²) < 4.78 is 12.6. The number of ether oxygens (including phenoxy) is 2. The molecule has 40 heavy (non-hydrogen) atoms. The first kappa shape index (κ1) is 28.5. The van der Waals surface area contributed by atoms with Crippen LogP contribution >= 0.6 is 0 Å². The molecule has 0 saturated heterocycles. The predicted octanol–water partition coefficient (Wildman–Crippen LogP) is 5.74. The first-order valence-corrected chi connectivity index (χ1v) is 13.4. The van der Waals surface area contributed by atoms with Gasteiger partial charge in [0.2, 0.25) is 5.91 Å². The number of guanidine groups is 1. The summed E-state index contributed by atoms with van der Waals surface area (Å²) >= 11 is 0. The zero-order valence-corrected chi connectivity index (χ0v) is 23.8. The van der Waals surface area contributed by atoms with Gasteiger partial charge in [-0.1, -0.05) is 12.1 Å². The van der Waals surface area contributed by atoms with Gasteiger partial charge in [0, 0.05) is 23.7 Å². The number of nitrogens with zero attached hydrogens (tertiary/aromatic N) is 1. The number of aromatic hydroxyl groups is 1. The Kier molecular flexibility index (Phi) is 8.38. The van der Waals surface area contributed by atoms with Crippen molar-refractivity contribution in [2.45, 2.75) is 59.5 Å². The number of rotatable bonds is 8. The lowest BCUT2D eigenvalue weighted by molar-refractivity contribution is -0.111. The van der Waals surface area contributed by atoms with E-state index >= 15 is 0 Å². The van der Waals surface area contributed by atoms with E-state index in [0.717, 1.165) is 64.1 Å². The quantitative estimate of drug-likeness (QED) is 0.163. The van der Waals surface area contributed by atoms with Gasteiger partial charge in [-0.05, 0) is 112 Å². The number of nitrogens with one attached hydrogen (secondary N) is 1. The molecule has 210 valence electrons. The normalized spacial score (nSPS) is 16.2. The standard InChI is InChI=1S/C32H38N4O4/c1-19-18-25(11-12-27(19)36-28(37)13-8-23-6-9-24(10-7-23)35-31(33)34)39-17-16-32(5)15-14-26-22(4)29(38)20(2)21(3)30(26)40-32/h6-13,18,38H,14-17H2,1-5H3,(H,36,37)(H4,33,34,35). The lowest BCUT2D eigenvalue weighted by Crippen LogP contribution is -2.38. The molecule has 1 heterocycles. The van der Waals surface area contributed by atoms with Crippen molar-refractivity contribution in [3.8, 4) is 17.2 Å². The molecule has 1 atom stereocenters. The van der Waals surface area contributed by atoms with Crippen LogP contribution in [0.5, 0.6) is 17.2 Å². The van der Waals surface area contributed by atoms with Crippen LogP contribution in [-0.4, -0.2) is 29.2 Å². The van der Waals surface area contributed by atoms with E-state index in [1.54, 1.807) is 18.2 Å². The van der Waals surface area contributed by atoms with Crippen LogP contribution in [0.25, 0.3) is 6.08 Å². The zero-order chi connectivity index (χ0) is 29.0. The Balaban J connectivity index is 1.31. The van der Waals surface area contributed by atoms with E-state index in [9.17, 15) is 9.90 Å². The second-order valence-corrected chi connectivity index (χ2v) is 10.6. The van der Waals surface area contributed by atoms with Crippen LogP contribution < -0.4 is 26.3 Å².